The van der Waals surface area contributed by atoms with E-state index in [1.54, 1.807) is 36.4 Å². The van der Waals surface area contributed by atoms with Crippen LogP contribution in [-0.4, -0.2) is 36.4 Å². The minimum atomic E-state index is -1.17. The number of esters is 1. The topological polar surface area (TPSA) is 134 Å². The van der Waals surface area contributed by atoms with Crippen molar-refractivity contribution in [3.05, 3.63) is 111 Å². The van der Waals surface area contributed by atoms with E-state index in [1.807, 2.05) is 12.1 Å². The number of hydrogen-bond donors (Lipinski definition) is 4. The molecule has 2 aromatic carbocycles. The first-order chi connectivity index (χ1) is 20.2. The number of allylic oxidation sites excluding steroid dienone is 1. The number of hydrogen-bond acceptors (Lipinski definition) is 10. The third kappa shape index (κ3) is 10.7. The average molecular weight is 578 g/mol. The molecule has 0 spiro atoms. The van der Waals surface area contributed by atoms with Gasteiger partial charge in [0.2, 0.25) is 0 Å². The first-order valence-electron chi connectivity index (χ1n) is 13.5. The van der Waals surface area contributed by atoms with Gasteiger partial charge in [0, 0.05) is 11.3 Å². The number of hydroxylamine groups is 1. The minimum absolute atomic E-state index is 0.0370. The lowest BCUT2D eigenvalue weighted by molar-refractivity contribution is -0.141. The molecule has 1 aliphatic rings. The standard InChI is InChI=1S/C32H39N3O7/c1-6-21(3)39-22(4)20-38-27-14-10-25(11-15-27)31(37)41-29-18-16-28(17-19-29)40-23(5)24-8-12-26(13-9-24)34-32(33)35-42-30(36)7-2/h6-9,12-13,16-19,25,27,30,32,34-36H,1-5,10-11,14-15,20,33H2/t25?,27?,30?,32-/m0/s1. The van der Waals surface area contributed by atoms with Crippen LogP contribution in [0.15, 0.2) is 105 Å². The van der Waals surface area contributed by atoms with Crippen LogP contribution in [0, 0.1) is 5.92 Å². The summed E-state index contributed by atoms with van der Waals surface area (Å²) in [4.78, 5) is 17.6. The number of aliphatic hydroxyl groups is 1. The summed E-state index contributed by atoms with van der Waals surface area (Å²) < 4.78 is 22.7. The van der Waals surface area contributed by atoms with E-state index in [1.165, 1.54) is 12.2 Å². The smallest absolute Gasteiger partial charge is 0.314 e. The van der Waals surface area contributed by atoms with Gasteiger partial charge in [0.25, 0.3) is 0 Å². The number of carbonyl (C=O) groups is 1. The monoisotopic (exact) mass is 577 g/mol. The second-order valence-corrected chi connectivity index (χ2v) is 9.57. The summed E-state index contributed by atoms with van der Waals surface area (Å²) in [6, 6.07) is 14.0. The summed E-state index contributed by atoms with van der Waals surface area (Å²) in [7, 11) is 0. The summed E-state index contributed by atoms with van der Waals surface area (Å²) >= 11 is 0. The van der Waals surface area contributed by atoms with E-state index < -0.39 is 12.6 Å². The van der Waals surface area contributed by atoms with Gasteiger partial charge in [-0.15, -0.1) is 0 Å². The highest BCUT2D eigenvalue weighted by molar-refractivity contribution is 5.75. The highest BCUT2D eigenvalue weighted by Crippen LogP contribution is 2.29. The molecular formula is C32H39N3O7. The first-order valence-corrected chi connectivity index (χ1v) is 13.5. The van der Waals surface area contributed by atoms with E-state index in [4.69, 9.17) is 29.5 Å². The van der Waals surface area contributed by atoms with Gasteiger partial charge in [0.15, 0.2) is 12.6 Å². The highest BCUT2D eigenvalue weighted by atomic mass is 16.7. The van der Waals surface area contributed by atoms with Crippen LogP contribution in [0.5, 0.6) is 11.5 Å². The first kappa shape index (κ1) is 32.3. The van der Waals surface area contributed by atoms with Crippen molar-refractivity contribution in [1.29, 1.82) is 0 Å². The molecule has 0 saturated heterocycles. The van der Waals surface area contributed by atoms with E-state index in [0.29, 0.717) is 47.3 Å². The molecule has 1 fully saturated rings. The maximum atomic E-state index is 12.7. The Balaban J connectivity index is 1.40. The molecule has 2 atom stereocenters. The van der Waals surface area contributed by atoms with Crippen molar-refractivity contribution in [3.8, 4) is 11.5 Å². The fourth-order valence-corrected chi connectivity index (χ4v) is 4.06. The van der Waals surface area contributed by atoms with Crippen LogP contribution in [0.1, 0.15) is 31.2 Å². The molecule has 0 heterocycles. The Morgan fingerprint density at radius 1 is 0.976 bits per heavy atom. The lowest BCUT2D eigenvalue weighted by atomic mass is 9.87. The molecule has 1 unspecified atom stereocenters. The molecule has 0 amide bonds. The SMILES string of the molecule is C=CC(=C)OC(=C)COC1CCC(C(=O)Oc2ccc(OC(=C)c3ccc(N[C@H](N)NOC(O)C=C)cc3)cc2)CC1. The Morgan fingerprint density at radius 3 is 2.19 bits per heavy atom. The van der Waals surface area contributed by atoms with Crippen molar-refractivity contribution in [2.45, 2.75) is 44.4 Å². The molecule has 5 N–H and O–H groups in total. The zero-order valence-electron chi connectivity index (χ0n) is 23.6. The van der Waals surface area contributed by atoms with Crippen LogP contribution in [0.2, 0.25) is 0 Å². The molecule has 0 aromatic heterocycles. The largest absolute Gasteiger partial charge is 0.461 e. The van der Waals surface area contributed by atoms with Gasteiger partial charge in [0.1, 0.15) is 35.4 Å². The summed E-state index contributed by atoms with van der Waals surface area (Å²) in [5, 5.41) is 12.3. The van der Waals surface area contributed by atoms with Gasteiger partial charge < -0.3 is 29.4 Å². The molecule has 1 aliphatic carbocycles. The van der Waals surface area contributed by atoms with Crippen LogP contribution in [-0.2, 0) is 19.1 Å². The molecule has 0 bridgehead atoms. The molecule has 42 heavy (non-hydrogen) atoms. The molecule has 0 radical (unpaired) electrons. The number of aliphatic hydroxyl groups excluding tert-OH is 1. The molecular weight excluding hydrogens is 538 g/mol. The molecule has 10 heteroatoms. The fraction of sp³-hybridized carbons (Fsp3) is 0.281. The van der Waals surface area contributed by atoms with E-state index in [0.717, 1.165) is 18.4 Å². The maximum absolute atomic E-state index is 12.7. The molecule has 224 valence electrons. The Hall–Kier alpha value is -4.19. The number of ether oxygens (including phenoxy) is 4. The van der Waals surface area contributed by atoms with Gasteiger partial charge >= 0.3 is 5.97 Å². The third-order valence-electron chi connectivity index (χ3n) is 6.32. The van der Waals surface area contributed by atoms with Crippen LogP contribution < -0.4 is 26.0 Å². The molecule has 2 aromatic rings. The van der Waals surface area contributed by atoms with E-state index in [2.05, 4.69) is 43.7 Å². The number of carbonyl (C=O) groups excluding carboxylic acids is 1. The van der Waals surface area contributed by atoms with Crippen molar-refractivity contribution in [1.82, 2.24) is 5.48 Å². The van der Waals surface area contributed by atoms with Crippen LogP contribution in [0.4, 0.5) is 5.69 Å². The summed E-state index contributed by atoms with van der Waals surface area (Å²) in [5.41, 5.74) is 9.78. The Morgan fingerprint density at radius 2 is 1.60 bits per heavy atom. The zero-order valence-corrected chi connectivity index (χ0v) is 23.6. The van der Waals surface area contributed by atoms with Crippen LogP contribution in [0.25, 0.3) is 5.76 Å². The van der Waals surface area contributed by atoms with Crippen molar-refractivity contribution in [2.24, 2.45) is 11.7 Å². The average Bonchev–Trinajstić information content (AvgIpc) is 3.00. The quantitative estimate of drug-likeness (QED) is 0.0381. The summed E-state index contributed by atoms with van der Waals surface area (Å²) in [6.45, 7) is 18.7. The van der Waals surface area contributed by atoms with E-state index >= 15 is 0 Å². The second-order valence-electron chi connectivity index (χ2n) is 9.57. The van der Waals surface area contributed by atoms with Crippen molar-refractivity contribution in [2.75, 3.05) is 11.9 Å². The highest BCUT2D eigenvalue weighted by Gasteiger charge is 2.28. The molecule has 10 nitrogen and oxygen atoms in total. The number of nitrogens with two attached hydrogens (primary N) is 1. The predicted molar refractivity (Wildman–Crippen MR) is 161 cm³/mol. The van der Waals surface area contributed by atoms with Gasteiger partial charge in [-0.3, -0.25) is 15.4 Å². The van der Waals surface area contributed by atoms with Gasteiger partial charge in [-0.25, -0.2) is 0 Å². The van der Waals surface area contributed by atoms with Gasteiger partial charge in [0.05, 0.1) is 12.0 Å². The Kier molecular flexibility index (Phi) is 12.5. The second kappa shape index (κ2) is 16.3. The number of rotatable bonds is 17. The minimum Gasteiger partial charge on any atom is -0.461 e. The van der Waals surface area contributed by atoms with E-state index in [9.17, 15) is 9.90 Å². The molecule has 0 aliphatic heterocycles. The summed E-state index contributed by atoms with van der Waals surface area (Å²) in [5.74, 6) is 1.88. The Bertz CT molecular complexity index is 1240. The summed E-state index contributed by atoms with van der Waals surface area (Å²) in [6.07, 6.45) is 3.68. The third-order valence-corrected chi connectivity index (χ3v) is 6.32. The van der Waals surface area contributed by atoms with Crippen LogP contribution in [0.3, 0.4) is 0 Å². The molecule has 1 saturated carbocycles. The van der Waals surface area contributed by atoms with Crippen molar-refractivity contribution < 1.29 is 33.7 Å². The van der Waals surface area contributed by atoms with E-state index in [-0.39, 0.29) is 24.6 Å². The number of anilines is 1. The van der Waals surface area contributed by atoms with Crippen LogP contribution >= 0.6 is 0 Å². The van der Waals surface area contributed by atoms with Gasteiger partial charge in [-0.05, 0) is 86.4 Å². The number of benzene rings is 2. The van der Waals surface area contributed by atoms with Gasteiger partial charge in [-0.1, -0.05) is 32.9 Å². The van der Waals surface area contributed by atoms with Crippen molar-refractivity contribution in [3.63, 3.8) is 0 Å². The fourth-order valence-electron chi connectivity index (χ4n) is 4.06. The Labute approximate surface area is 246 Å². The van der Waals surface area contributed by atoms with Gasteiger partial charge in [-0.2, -0.15) is 5.48 Å². The normalized spacial score (nSPS) is 17.7. The predicted octanol–water partition coefficient (Wildman–Crippen LogP) is 5.13. The maximum Gasteiger partial charge on any atom is 0.314 e. The lowest BCUT2D eigenvalue weighted by Crippen LogP contribution is -2.45. The lowest BCUT2D eigenvalue weighted by Gasteiger charge is -2.27. The molecule has 3 rings (SSSR count). The zero-order chi connectivity index (χ0) is 30.5. The van der Waals surface area contributed by atoms with Crippen molar-refractivity contribution >= 4 is 17.4 Å². The number of nitrogens with one attached hydrogen (secondary N) is 2.